The number of carbonyl (C=O) groups is 1. The Labute approximate surface area is 162 Å². The van der Waals surface area contributed by atoms with E-state index in [9.17, 15) is 4.79 Å². The van der Waals surface area contributed by atoms with Gasteiger partial charge in [-0.25, -0.2) is 0 Å². The summed E-state index contributed by atoms with van der Waals surface area (Å²) in [6, 6.07) is 13.0. The fraction of sp³-hybridized carbons (Fsp3) is 0.125. The summed E-state index contributed by atoms with van der Waals surface area (Å²) >= 11 is 10.8. The third-order valence-electron chi connectivity index (χ3n) is 3.25. The number of hydrogen-bond acceptors (Lipinski definition) is 5. The summed E-state index contributed by atoms with van der Waals surface area (Å²) in [4.78, 5) is 12.1. The molecule has 25 heavy (non-hydrogen) atoms. The zero-order valence-corrected chi connectivity index (χ0v) is 16.3. The molecule has 0 aliphatic carbocycles. The second kappa shape index (κ2) is 7.99. The lowest BCUT2D eigenvalue weighted by atomic mass is 10.2. The Balaban J connectivity index is 1.69. The van der Waals surface area contributed by atoms with Gasteiger partial charge >= 0.3 is 0 Å². The summed E-state index contributed by atoms with van der Waals surface area (Å²) < 4.78 is 2.47. The van der Waals surface area contributed by atoms with Gasteiger partial charge in [-0.15, -0.1) is 5.10 Å². The van der Waals surface area contributed by atoms with Gasteiger partial charge < -0.3 is 5.32 Å². The predicted molar refractivity (Wildman–Crippen MR) is 102 cm³/mol. The molecule has 6 nitrogen and oxygen atoms in total. The first-order chi connectivity index (χ1) is 12.0. The molecular formula is C16H13BrClN5OS. The van der Waals surface area contributed by atoms with Crippen molar-refractivity contribution in [3.8, 4) is 5.69 Å². The molecule has 0 aliphatic rings. The molecule has 0 unspecified atom stereocenters. The van der Waals surface area contributed by atoms with E-state index in [4.69, 9.17) is 11.6 Å². The summed E-state index contributed by atoms with van der Waals surface area (Å²) in [7, 11) is 0. The van der Waals surface area contributed by atoms with Crippen LogP contribution in [-0.2, 0) is 4.79 Å². The van der Waals surface area contributed by atoms with Gasteiger partial charge in [0.25, 0.3) is 0 Å². The van der Waals surface area contributed by atoms with Crippen LogP contribution in [0.1, 0.15) is 5.56 Å². The minimum Gasteiger partial charge on any atom is -0.324 e. The van der Waals surface area contributed by atoms with E-state index in [1.165, 1.54) is 11.8 Å². The SMILES string of the molecule is Cc1ccc(-n2nnnc2SCC(=O)Nc2ccccc2Cl)c(Br)c1. The van der Waals surface area contributed by atoms with E-state index in [0.717, 1.165) is 15.7 Å². The molecule has 1 aromatic heterocycles. The van der Waals surface area contributed by atoms with Gasteiger partial charge in [-0.3, -0.25) is 4.79 Å². The predicted octanol–water partition coefficient (Wildman–Crippen LogP) is 4.12. The number of anilines is 1. The van der Waals surface area contributed by atoms with Crippen molar-refractivity contribution >= 4 is 50.9 Å². The number of halogens is 2. The number of nitrogens with zero attached hydrogens (tertiary/aromatic N) is 4. The van der Waals surface area contributed by atoms with E-state index in [1.807, 2.05) is 31.2 Å². The molecule has 2 aromatic carbocycles. The van der Waals surface area contributed by atoms with Gasteiger partial charge in [-0.1, -0.05) is 41.6 Å². The van der Waals surface area contributed by atoms with Crippen molar-refractivity contribution in [1.82, 2.24) is 20.2 Å². The Morgan fingerprint density at radius 1 is 1.32 bits per heavy atom. The maximum Gasteiger partial charge on any atom is 0.234 e. The van der Waals surface area contributed by atoms with Crippen LogP contribution in [-0.4, -0.2) is 31.9 Å². The van der Waals surface area contributed by atoms with Crippen LogP contribution in [0.4, 0.5) is 5.69 Å². The first kappa shape index (κ1) is 17.9. The summed E-state index contributed by atoms with van der Waals surface area (Å²) in [5, 5.41) is 15.5. The number of aromatic nitrogens is 4. The molecule has 128 valence electrons. The van der Waals surface area contributed by atoms with Crippen molar-refractivity contribution < 1.29 is 4.79 Å². The van der Waals surface area contributed by atoms with Crippen LogP contribution in [0.3, 0.4) is 0 Å². The summed E-state index contributed by atoms with van der Waals surface area (Å²) in [6.07, 6.45) is 0. The Bertz CT molecular complexity index is 917. The van der Waals surface area contributed by atoms with E-state index in [0.29, 0.717) is 15.9 Å². The van der Waals surface area contributed by atoms with Crippen LogP contribution >= 0.6 is 39.3 Å². The molecule has 3 aromatic rings. The van der Waals surface area contributed by atoms with Crippen LogP contribution < -0.4 is 5.32 Å². The monoisotopic (exact) mass is 437 g/mol. The molecule has 0 bridgehead atoms. The largest absolute Gasteiger partial charge is 0.324 e. The highest BCUT2D eigenvalue weighted by molar-refractivity contribution is 9.10. The number of aryl methyl sites for hydroxylation is 1. The molecule has 1 heterocycles. The van der Waals surface area contributed by atoms with Crippen LogP contribution in [0.5, 0.6) is 0 Å². The number of nitrogens with one attached hydrogen (secondary N) is 1. The van der Waals surface area contributed by atoms with E-state index in [1.54, 1.807) is 22.9 Å². The molecule has 0 radical (unpaired) electrons. The molecule has 0 fully saturated rings. The highest BCUT2D eigenvalue weighted by Gasteiger charge is 2.14. The quantitative estimate of drug-likeness (QED) is 0.607. The standard InChI is InChI=1S/C16H13BrClN5OS/c1-10-6-7-14(11(17)8-10)23-16(20-21-22-23)25-9-15(24)19-13-5-3-2-4-12(13)18/h2-8H,9H2,1H3,(H,19,24). The fourth-order valence-corrected chi connectivity index (χ4v) is 3.61. The van der Waals surface area contributed by atoms with Gasteiger partial charge in [0.2, 0.25) is 11.1 Å². The molecular weight excluding hydrogens is 426 g/mol. The zero-order valence-electron chi connectivity index (χ0n) is 13.1. The van der Waals surface area contributed by atoms with Crippen molar-refractivity contribution in [2.75, 3.05) is 11.1 Å². The minimum absolute atomic E-state index is 0.162. The Hall–Kier alpha value is -1.90. The number of thioether (sulfide) groups is 1. The number of amides is 1. The third-order valence-corrected chi connectivity index (χ3v) is 5.14. The lowest BCUT2D eigenvalue weighted by molar-refractivity contribution is -0.113. The van der Waals surface area contributed by atoms with Crippen molar-refractivity contribution in [3.63, 3.8) is 0 Å². The molecule has 1 N–H and O–H groups in total. The number of hydrogen-bond donors (Lipinski definition) is 1. The van der Waals surface area contributed by atoms with E-state index in [-0.39, 0.29) is 11.7 Å². The van der Waals surface area contributed by atoms with E-state index < -0.39 is 0 Å². The molecule has 9 heteroatoms. The van der Waals surface area contributed by atoms with Gasteiger partial charge in [-0.2, -0.15) is 4.68 Å². The van der Waals surface area contributed by atoms with Crippen molar-refractivity contribution in [3.05, 3.63) is 57.5 Å². The molecule has 0 aliphatic heterocycles. The highest BCUT2D eigenvalue weighted by atomic mass is 79.9. The molecule has 0 spiro atoms. The number of benzene rings is 2. The highest BCUT2D eigenvalue weighted by Crippen LogP contribution is 2.26. The van der Waals surface area contributed by atoms with Gasteiger partial charge in [0.1, 0.15) is 0 Å². The Morgan fingerprint density at radius 2 is 2.12 bits per heavy atom. The zero-order chi connectivity index (χ0) is 17.8. The second-order valence-corrected chi connectivity index (χ2v) is 7.35. The van der Waals surface area contributed by atoms with Crippen LogP contribution in [0, 0.1) is 6.92 Å². The van der Waals surface area contributed by atoms with Crippen LogP contribution in [0.2, 0.25) is 5.02 Å². The average Bonchev–Trinajstić information content (AvgIpc) is 3.03. The van der Waals surface area contributed by atoms with Gasteiger partial charge in [-0.05, 0) is 63.1 Å². The van der Waals surface area contributed by atoms with Crippen molar-refractivity contribution in [1.29, 1.82) is 0 Å². The number of para-hydroxylation sites is 1. The summed E-state index contributed by atoms with van der Waals surface area (Å²) in [5.74, 6) is -0.0228. The molecule has 0 atom stereocenters. The smallest absolute Gasteiger partial charge is 0.234 e. The van der Waals surface area contributed by atoms with E-state index in [2.05, 4.69) is 36.8 Å². The normalized spacial score (nSPS) is 10.7. The van der Waals surface area contributed by atoms with Gasteiger partial charge in [0.15, 0.2) is 0 Å². The summed E-state index contributed by atoms with van der Waals surface area (Å²) in [5.41, 5.74) is 2.51. The maximum atomic E-state index is 12.1. The molecule has 3 rings (SSSR count). The van der Waals surface area contributed by atoms with Crippen molar-refractivity contribution in [2.45, 2.75) is 12.1 Å². The number of tetrazole rings is 1. The van der Waals surface area contributed by atoms with Gasteiger partial charge in [0.05, 0.1) is 22.2 Å². The van der Waals surface area contributed by atoms with Crippen LogP contribution in [0.25, 0.3) is 5.69 Å². The Morgan fingerprint density at radius 3 is 2.88 bits per heavy atom. The molecule has 0 saturated carbocycles. The molecule has 1 amide bonds. The van der Waals surface area contributed by atoms with Crippen molar-refractivity contribution in [2.24, 2.45) is 0 Å². The maximum absolute atomic E-state index is 12.1. The Kier molecular flexibility index (Phi) is 5.72. The second-order valence-electron chi connectivity index (χ2n) is 5.14. The number of rotatable bonds is 5. The average molecular weight is 439 g/mol. The lowest BCUT2D eigenvalue weighted by Crippen LogP contribution is -2.15. The third kappa shape index (κ3) is 4.39. The first-order valence-electron chi connectivity index (χ1n) is 7.26. The van der Waals surface area contributed by atoms with Crippen LogP contribution in [0.15, 0.2) is 52.1 Å². The summed E-state index contributed by atoms with van der Waals surface area (Å²) in [6.45, 7) is 2.00. The number of carbonyl (C=O) groups excluding carboxylic acids is 1. The fourth-order valence-electron chi connectivity index (χ4n) is 2.08. The minimum atomic E-state index is -0.185. The topological polar surface area (TPSA) is 72.7 Å². The van der Waals surface area contributed by atoms with Gasteiger partial charge in [0, 0.05) is 4.47 Å². The lowest BCUT2D eigenvalue weighted by Gasteiger charge is -2.08. The first-order valence-corrected chi connectivity index (χ1v) is 9.42. The molecule has 0 saturated heterocycles. The van der Waals surface area contributed by atoms with E-state index >= 15 is 0 Å².